The average molecular weight is 385 g/mol. The van der Waals surface area contributed by atoms with Crippen LogP contribution in [0.4, 0.5) is 0 Å². The maximum absolute atomic E-state index is 9.24. The van der Waals surface area contributed by atoms with Crippen molar-refractivity contribution in [2.24, 2.45) is 0 Å². The summed E-state index contributed by atoms with van der Waals surface area (Å²) < 4.78 is 0. The van der Waals surface area contributed by atoms with Gasteiger partial charge in [-0.3, -0.25) is 0 Å². The third kappa shape index (κ3) is 8.35. The first kappa shape index (κ1) is 21.8. The molecule has 2 N–H and O–H groups in total. The molecule has 0 fully saturated rings. The first-order valence-electron chi connectivity index (χ1n) is 9.82. The molecule has 0 bridgehead atoms. The Morgan fingerprint density at radius 1 is 0.517 bits per heavy atom. The van der Waals surface area contributed by atoms with Crippen molar-refractivity contribution in [1.82, 2.24) is 0 Å². The molecule has 0 unspecified atom stereocenters. The third-order valence-corrected chi connectivity index (χ3v) is 4.15. The first-order valence-corrected chi connectivity index (χ1v) is 9.82. The van der Waals surface area contributed by atoms with Crippen LogP contribution in [-0.2, 0) is 6.42 Å². The van der Waals surface area contributed by atoms with Crippen molar-refractivity contribution in [3.05, 3.63) is 121 Å². The fourth-order valence-electron chi connectivity index (χ4n) is 2.68. The molecule has 0 aliphatic heterocycles. The summed E-state index contributed by atoms with van der Waals surface area (Å²) in [4.78, 5) is 0. The minimum absolute atomic E-state index is 0.322. The summed E-state index contributed by atoms with van der Waals surface area (Å²) in [7, 11) is 0. The lowest BCUT2D eigenvalue weighted by molar-refractivity contribution is 0.467. The van der Waals surface area contributed by atoms with E-state index in [1.807, 2.05) is 36.4 Å². The van der Waals surface area contributed by atoms with Gasteiger partial charge in [0.2, 0.25) is 0 Å². The molecule has 0 aliphatic carbocycles. The number of para-hydroxylation sites is 2. The Morgan fingerprint density at radius 2 is 0.931 bits per heavy atom. The molecule has 2 heteroatoms. The van der Waals surface area contributed by atoms with Crippen LogP contribution >= 0.6 is 0 Å². The highest BCUT2D eigenvalue weighted by atomic mass is 16.3. The van der Waals surface area contributed by atoms with Gasteiger partial charge in [0.1, 0.15) is 11.5 Å². The molecule has 29 heavy (non-hydrogen) atoms. The number of aromatic hydroxyl groups is 2. The van der Waals surface area contributed by atoms with Gasteiger partial charge >= 0.3 is 0 Å². The van der Waals surface area contributed by atoms with E-state index in [0.29, 0.717) is 11.5 Å². The van der Waals surface area contributed by atoms with Gasteiger partial charge in [-0.25, -0.2) is 0 Å². The summed E-state index contributed by atoms with van der Waals surface area (Å²) in [6.07, 6.45) is 2.05. The van der Waals surface area contributed by atoms with Crippen molar-refractivity contribution in [2.45, 2.75) is 19.8 Å². The van der Waals surface area contributed by atoms with Crippen LogP contribution in [0.2, 0.25) is 0 Å². The average Bonchev–Trinajstić information content (AvgIpc) is 2.78. The number of aryl methyl sites for hydroxylation is 1. The molecule has 0 radical (unpaired) electrons. The van der Waals surface area contributed by atoms with E-state index in [9.17, 15) is 5.11 Å². The maximum atomic E-state index is 9.24. The predicted octanol–water partition coefficient (Wildman–Crippen LogP) is 7.09. The Balaban J connectivity index is 0.000000161. The molecule has 0 heterocycles. The third-order valence-electron chi connectivity index (χ3n) is 4.15. The Labute approximate surface area is 173 Å². The van der Waals surface area contributed by atoms with Crippen LogP contribution in [0, 0.1) is 0 Å². The Bertz CT molecular complexity index is 883. The van der Waals surface area contributed by atoms with E-state index in [2.05, 4.69) is 55.5 Å². The van der Waals surface area contributed by atoms with E-state index < -0.39 is 0 Å². The fraction of sp³-hybridized carbons (Fsp3) is 0.111. The lowest BCUT2D eigenvalue weighted by Gasteiger charge is -1.99. The van der Waals surface area contributed by atoms with Crippen LogP contribution in [0.3, 0.4) is 0 Å². The molecule has 4 aromatic rings. The number of benzene rings is 4. The van der Waals surface area contributed by atoms with E-state index >= 15 is 0 Å². The Kier molecular flexibility index (Phi) is 9.61. The fourth-order valence-corrected chi connectivity index (χ4v) is 2.68. The predicted molar refractivity (Wildman–Crippen MR) is 122 cm³/mol. The highest BCUT2D eigenvalue weighted by molar-refractivity contribution is 5.62. The second-order valence-corrected chi connectivity index (χ2v) is 6.45. The zero-order valence-electron chi connectivity index (χ0n) is 16.8. The molecule has 0 amide bonds. The zero-order valence-corrected chi connectivity index (χ0v) is 16.8. The quantitative estimate of drug-likeness (QED) is 0.396. The van der Waals surface area contributed by atoms with E-state index in [-0.39, 0.29) is 0 Å². The maximum Gasteiger partial charge on any atom is 0.118 e. The minimum Gasteiger partial charge on any atom is -0.508 e. The number of hydrogen-bond acceptors (Lipinski definition) is 2. The van der Waals surface area contributed by atoms with Crippen molar-refractivity contribution in [3.8, 4) is 22.6 Å². The Hall–Kier alpha value is -3.52. The van der Waals surface area contributed by atoms with Crippen molar-refractivity contribution in [1.29, 1.82) is 0 Å². The van der Waals surface area contributed by atoms with Crippen LogP contribution in [0.25, 0.3) is 11.1 Å². The smallest absolute Gasteiger partial charge is 0.118 e. The highest BCUT2D eigenvalue weighted by Crippen LogP contribution is 2.17. The molecule has 0 atom stereocenters. The first-order chi connectivity index (χ1) is 14.2. The molecule has 0 aromatic heterocycles. The lowest BCUT2D eigenvalue weighted by Crippen LogP contribution is -1.81. The molecular weight excluding hydrogens is 356 g/mol. The zero-order chi connectivity index (χ0) is 20.7. The van der Waals surface area contributed by atoms with Gasteiger partial charge in [-0.1, -0.05) is 110 Å². The number of rotatable bonds is 3. The van der Waals surface area contributed by atoms with Crippen molar-refractivity contribution < 1.29 is 10.2 Å². The molecule has 4 rings (SSSR count). The van der Waals surface area contributed by atoms with Gasteiger partial charge in [0, 0.05) is 0 Å². The summed E-state index contributed by atoms with van der Waals surface area (Å²) in [6.45, 7) is 2.10. The van der Waals surface area contributed by atoms with Crippen molar-refractivity contribution >= 4 is 0 Å². The summed E-state index contributed by atoms with van der Waals surface area (Å²) in [5, 5.41) is 17.9. The topological polar surface area (TPSA) is 40.5 Å². The summed E-state index contributed by atoms with van der Waals surface area (Å²) in [5.41, 5.74) is 3.60. The van der Waals surface area contributed by atoms with E-state index in [0.717, 1.165) is 18.4 Å². The van der Waals surface area contributed by atoms with Gasteiger partial charge in [0.25, 0.3) is 0 Å². The summed E-state index contributed by atoms with van der Waals surface area (Å²) in [6, 6.07) is 37.0. The molecule has 148 valence electrons. The number of phenols is 2. The summed E-state index contributed by atoms with van der Waals surface area (Å²) >= 11 is 0. The molecular formula is C27H28O2. The van der Waals surface area contributed by atoms with E-state index in [1.54, 1.807) is 30.3 Å². The van der Waals surface area contributed by atoms with Crippen LogP contribution in [0.15, 0.2) is 115 Å². The van der Waals surface area contributed by atoms with E-state index in [1.165, 1.54) is 11.1 Å². The van der Waals surface area contributed by atoms with Gasteiger partial charge in [-0.05, 0) is 41.3 Å². The van der Waals surface area contributed by atoms with Crippen molar-refractivity contribution in [3.63, 3.8) is 0 Å². The SMILES string of the molecule is CCCc1ccccc1O.Oc1ccccc1.c1ccc(-c2ccccc2)cc1. The second kappa shape index (κ2) is 12.8. The molecule has 0 saturated carbocycles. The normalized spacial score (nSPS) is 9.41. The second-order valence-electron chi connectivity index (χ2n) is 6.45. The van der Waals surface area contributed by atoms with Crippen LogP contribution < -0.4 is 0 Å². The van der Waals surface area contributed by atoms with Crippen molar-refractivity contribution in [2.75, 3.05) is 0 Å². The van der Waals surface area contributed by atoms with Gasteiger partial charge in [-0.15, -0.1) is 0 Å². The minimum atomic E-state index is 0.322. The van der Waals surface area contributed by atoms with E-state index in [4.69, 9.17) is 5.11 Å². The number of phenolic OH excluding ortho intramolecular Hbond substituents is 2. The lowest BCUT2D eigenvalue weighted by atomic mass is 10.1. The van der Waals surface area contributed by atoms with Gasteiger partial charge in [-0.2, -0.15) is 0 Å². The van der Waals surface area contributed by atoms with Crippen LogP contribution in [0.5, 0.6) is 11.5 Å². The van der Waals surface area contributed by atoms with Crippen LogP contribution in [0.1, 0.15) is 18.9 Å². The van der Waals surface area contributed by atoms with Gasteiger partial charge in [0.15, 0.2) is 0 Å². The summed E-state index contributed by atoms with van der Waals surface area (Å²) in [5.74, 6) is 0.742. The standard InChI is InChI=1S/C12H10.C9H12O.C6H6O/c1-3-7-11(8-4-1)12-9-5-2-6-10-12;1-2-5-8-6-3-4-7-9(8)10;7-6-4-2-1-3-5-6/h1-10H;3-4,6-7,10H,2,5H2,1H3;1-5,7H. The number of hydrogen-bond donors (Lipinski definition) is 2. The largest absolute Gasteiger partial charge is 0.508 e. The molecule has 0 aliphatic rings. The van der Waals surface area contributed by atoms with Gasteiger partial charge in [0.05, 0.1) is 0 Å². The molecule has 0 saturated heterocycles. The monoisotopic (exact) mass is 384 g/mol. The highest BCUT2D eigenvalue weighted by Gasteiger charge is 1.95. The molecule has 2 nitrogen and oxygen atoms in total. The van der Waals surface area contributed by atoms with Gasteiger partial charge < -0.3 is 10.2 Å². The Morgan fingerprint density at radius 3 is 1.31 bits per heavy atom. The van der Waals surface area contributed by atoms with Crippen LogP contribution in [-0.4, -0.2) is 10.2 Å². The molecule has 4 aromatic carbocycles. The molecule has 0 spiro atoms.